The van der Waals surface area contributed by atoms with E-state index in [2.05, 4.69) is 52.4 Å². The molecule has 0 spiro atoms. The Balaban J connectivity index is 1.73. The monoisotopic (exact) mass is 351 g/mol. The lowest BCUT2D eigenvalue weighted by Crippen LogP contribution is -2.33. The van der Waals surface area contributed by atoms with Crippen LogP contribution in [-0.4, -0.2) is 11.9 Å². The number of hydrogen-bond acceptors (Lipinski definition) is 2. The Morgan fingerprint density at radius 1 is 1.30 bits per heavy atom. The average Bonchev–Trinajstić information content (AvgIpc) is 2.90. The Morgan fingerprint density at radius 3 is 2.70 bits per heavy atom. The lowest BCUT2D eigenvalue weighted by Gasteiger charge is -2.13. The van der Waals surface area contributed by atoms with Gasteiger partial charge in [0.15, 0.2) is 0 Å². The maximum absolute atomic E-state index is 11.9. The van der Waals surface area contributed by atoms with E-state index >= 15 is 0 Å². The van der Waals surface area contributed by atoms with Crippen LogP contribution in [0.2, 0.25) is 0 Å². The lowest BCUT2D eigenvalue weighted by molar-refractivity contribution is -0.121. The van der Waals surface area contributed by atoms with Gasteiger partial charge in [0.2, 0.25) is 5.91 Å². The van der Waals surface area contributed by atoms with Gasteiger partial charge in [0.05, 0.1) is 6.42 Å². The molecular weight excluding hydrogens is 334 g/mol. The van der Waals surface area contributed by atoms with Crippen molar-refractivity contribution in [1.29, 1.82) is 0 Å². The first-order valence-electron chi connectivity index (χ1n) is 6.69. The molecule has 106 valence electrons. The van der Waals surface area contributed by atoms with Crippen molar-refractivity contribution in [3.05, 3.63) is 56.7 Å². The third-order valence-corrected chi connectivity index (χ3v) is 4.51. The summed E-state index contributed by atoms with van der Waals surface area (Å²) in [6, 6.07) is 12.5. The molecule has 0 fully saturated rings. The number of halogens is 1. The Bertz CT molecular complexity index is 536. The summed E-state index contributed by atoms with van der Waals surface area (Å²) in [6.45, 7) is 2.06. The fourth-order valence-electron chi connectivity index (χ4n) is 2.00. The molecule has 0 saturated heterocycles. The van der Waals surface area contributed by atoms with Gasteiger partial charge in [0.1, 0.15) is 0 Å². The summed E-state index contributed by atoms with van der Waals surface area (Å²) >= 11 is 5.05. The number of thiophene rings is 1. The Morgan fingerprint density at radius 2 is 2.05 bits per heavy atom. The third kappa shape index (κ3) is 5.10. The fourth-order valence-corrected chi connectivity index (χ4v) is 2.97. The zero-order valence-electron chi connectivity index (χ0n) is 11.4. The van der Waals surface area contributed by atoms with Crippen molar-refractivity contribution in [1.82, 2.24) is 5.32 Å². The molecule has 2 rings (SSSR count). The van der Waals surface area contributed by atoms with Crippen molar-refractivity contribution in [3.63, 3.8) is 0 Å². The second kappa shape index (κ2) is 7.60. The zero-order valence-corrected chi connectivity index (χ0v) is 13.8. The van der Waals surface area contributed by atoms with Crippen LogP contribution in [0.4, 0.5) is 0 Å². The minimum atomic E-state index is 0.107. The molecule has 1 aromatic carbocycles. The third-order valence-electron chi connectivity index (χ3n) is 3.10. The van der Waals surface area contributed by atoms with Gasteiger partial charge in [-0.15, -0.1) is 11.3 Å². The van der Waals surface area contributed by atoms with E-state index in [4.69, 9.17) is 0 Å². The first kappa shape index (κ1) is 15.3. The number of amides is 1. The topological polar surface area (TPSA) is 29.1 Å². The Hall–Kier alpha value is -1.13. The minimum absolute atomic E-state index is 0.107. The minimum Gasteiger partial charge on any atom is -0.353 e. The summed E-state index contributed by atoms with van der Waals surface area (Å²) in [5, 5.41) is 5.06. The molecule has 1 N–H and O–H groups in total. The van der Waals surface area contributed by atoms with Gasteiger partial charge in [-0.1, -0.05) is 34.1 Å². The maximum Gasteiger partial charge on any atom is 0.225 e. The lowest BCUT2D eigenvalue weighted by atomic mass is 10.1. The van der Waals surface area contributed by atoms with Gasteiger partial charge in [-0.3, -0.25) is 4.79 Å². The summed E-state index contributed by atoms with van der Waals surface area (Å²) < 4.78 is 1.10. The van der Waals surface area contributed by atoms with Crippen molar-refractivity contribution in [2.45, 2.75) is 32.2 Å². The molecule has 4 heteroatoms. The summed E-state index contributed by atoms with van der Waals surface area (Å²) in [6.07, 6.45) is 2.42. The molecule has 0 bridgehead atoms. The molecule has 0 aliphatic heterocycles. The number of aryl methyl sites for hydroxylation is 1. The van der Waals surface area contributed by atoms with Crippen molar-refractivity contribution < 1.29 is 4.79 Å². The molecule has 1 amide bonds. The van der Waals surface area contributed by atoms with Gasteiger partial charge >= 0.3 is 0 Å². The molecule has 1 heterocycles. The number of carbonyl (C=O) groups is 1. The molecular formula is C16H18BrNOS. The molecule has 20 heavy (non-hydrogen) atoms. The Kier molecular flexibility index (Phi) is 5.80. The smallest absolute Gasteiger partial charge is 0.225 e. The number of carbonyl (C=O) groups excluding carboxylic acids is 1. The molecule has 0 radical (unpaired) electrons. The van der Waals surface area contributed by atoms with Gasteiger partial charge in [-0.25, -0.2) is 0 Å². The van der Waals surface area contributed by atoms with Crippen LogP contribution in [0.1, 0.15) is 23.8 Å². The van der Waals surface area contributed by atoms with Crippen molar-refractivity contribution in [3.8, 4) is 0 Å². The summed E-state index contributed by atoms with van der Waals surface area (Å²) in [5.74, 6) is 0.107. The highest BCUT2D eigenvalue weighted by Crippen LogP contribution is 2.13. The number of benzene rings is 1. The normalized spacial score (nSPS) is 12.1. The van der Waals surface area contributed by atoms with E-state index in [1.165, 1.54) is 5.56 Å². The zero-order chi connectivity index (χ0) is 14.4. The number of rotatable bonds is 6. The van der Waals surface area contributed by atoms with Crippen LogP contribution < -0.4 is 5.32 Å². The average molecular weight is 352 g/mol. The van der Waals surface area contributed by atoms with Gasteiger partial charge < -0.3 is 5.32 Å². The molecule has 1 atom stereocenters. The van der Waals surface area contributed by atoms with Crippen molar-refractivity contribution in [2.75, 3.05) is 0 Å². The van der Waals surface area contributed by atoms with Crippen LogP contribution in [0.5, 0.6) is 0 Å². The second-order valence-electron chi connectivity index (χ2n) is 4.89. The number of nitrogens with one attached hydrogen (secondary N) is 1. The molecule has 2 aromatic rings. The summed E-state index contributed by atoms with van der Waals surface area (Å²) in [5.41, 5.74) is 1.30. The van der Waals surface area contributed by atoms with E-state index in [0.717, 1.165) is 22.2 Å². The molecule has 0 saturated carbocycles. The quantitative estimate of drug-likeness (QED) is 0.830. The number of hydrogen-bond donors (Lipinski definition) is 1. The highest BCUT2D eigenvalue weighted by Gasteiger charge is 2.08. The van der Waals surface area contributed by atoms with E-state index in [-0.39, 0.29) is 11.9 Å². The van der Waals surface area contributed by atoms with Crippen LogP contribution in [0, 0.1) is 0 Å². The predicted octanol–water partition coefficient (Wildman–Crippen LogP) is 4.19. The SMILES string of the molecule is CC(CCc1ccc(Br)cc1)NC(=O)Cc1cccs1. The maximum atomic E-state index is 11.9. The molecule has 0 aliphatic rings. The predicted molar refractivity (Wildman–Crippen MR) is 88.1 cm³/mol. The van der Waals surface area contributed by atoms with Crippen LogP contribution >= 0.6 is 27.3 Å². The van der Waals surface area contributed by atoms with Crippen LogP contribution in [-0.2, 0) is 17.6 Å². The van der Waals surface area contributed by atoms with E-state index in [9.17, 15) is 4.79 Å². The molecule has 2 nitrogen and oxygen atoms in total. The molecule has 1 unspecified atom stereocenters. The highest BCUT2D eigenvalue weighted by atomic mass is 79.9. The first-order chi connectivity index (χ1) is 9.63. The molecule has 0 aliphatic carbocycles. The molecule has 1 aromatic heterocycles. The summed E-state index contributed by atoms with van der Waals surface area (Å²) in [4.78, 5) is 13.0. The van der Waals surface area contributed by atoms with E-state index in [1.54, 1.807) is 11.3 Å². The largest absolute Gasteiger partial charge is 0.353 e. The van der Waals surface area contributed by atoms with Crippen LogP contribution in [0.15, 0.2) is 46.3 Å². The summed E-state index contributed by atoms with van der Waals surface area (Å²) in [7, 11) is 0. The van der Waals surface area contributed by atoms with Gasteiger partial charge in [0.25, 0.3) is 0 Å². The second-order valence-corrected chi connectivity index (χ2v) is 6.84. The van der Waals surface area contributed by atoms with Gasteiger partial charge in [-0.2, -0.15) is 0 Å². The first-order valence-corrected chi connectivity index (χ1v) is 8.37. The van der Waals surface area contributed by atoms with E-state index in [0.29, 0.717) is 6.42 Å². The van der Waals surface area contributed by atoms with Crippen LogP contribution in [0.3, 0.4) is 0 Å². The van der Waals surface area contributed by atoms with Gasteiger partial charge in [-0.05, 0) is 48.9 Å². The van der Waals surface area contributed by atoms with Crippen molar-refractivity contribution >= 4 is 33.2 Å². The Labute approximate surface area is 132 Å². The van der Waals surface area contributed by atoms with Gasteiger partial charge in [0, 0.05) is 15.4 Å². The van der Waals surface area contributed by atoms with Crippen molar-refractivity contribution in [2.24, 2.45) is 0 Å². The highest BCUT2D eigenvalue weighted by molar-refractivity contribution is 9.10. The fraction of sp³-hybridized carbons (Fsp3) is 0.312. The van der Waals surface area contributed by atoms with Crippen LogP contribution in [0.25, 0.3) is 0 Å². The van der Waals surface area contributed by atoms with E-state index < -0.39 is 0 Å². The van der Waals surface area contributed by atoms with E-state index in [1.807, 2.05) is 17.5 Å². The standard InChI is InChI=1S/C16H18BrNOS/c1-12(4-5-13-6-8-14(17)9-7-13)18-16(19)11-15-3-2-10-20-15/h2-3,6-10,12H,4-5,11H2,1H3,(H,18,19).